The molecule has 1 aliphatic heterocycles. The number of fused-ring (bicyclic) bond motifs is 1. The Morgan fingerprint density at radius 1 is 1.40 bits per heavy atom. The number of thiophene rings is 1. The fraction of sp³-hybridized carbons (Fsp3) is 0.286. The van der Waals surface area contributed by atoms with Crippen LogP contribution in [0.25, 0.3) is 0 Å². The van der Waals surface area contributed by atoms with Crippen molar-refractivity contribution in [3.8, 4) is 11.5 Å². The van der Waals surface area contributed by atoms with Gasteiger partial charge in [-0.05, 0) is 41.2 Å². The fourth-order valence-electron chi connectivity index (χ4n) is 2.23. The molecule has 1 N–H and O–H groups in total. The molecule has 20 heavy (non-hydrogen) atoms. The first-order chi connectivity index (χ1) is 9.69. The van der Waals surface area contributed by atoms with Gasteiger partial charge in [0, 0.05) is 4.88 Å². The van der Waals surface area contributed by atoms with E-state index in [2.05, 4.69) is 21.2 Å². The summed E-state index contributed by atoms with van der Waals surface area (Å²) in [6.07, 6.45) is -0.0866. The summed E-state index contributed by atoms with van der Waals surface area (Å²) in [4.78, 5) is 1.12. The Hall–Kier alpha value is -0.750. The Balaban J connectivity index is 1.85. The van der Waals surface area contributed by atoms with Gasteiger partial charge in [-0.3, -0.25) is 0 Å². The smallest absolute Gasteiger partial charge is 0.161 e. The number of nitrogens with one attached hydrogen (secondary N) is 1. The van der Waals surface area contributed by atoms with E-state index in [4.69, 9.17) is 21.1 Å². The van der Waals surface area contributed by atoms with Gasteiger partial charge in [0.2, 0.25) is 0 Å². The van der Waals surface area contributed by atoms with Crippen LogP contribution in [0.1, 0.15) is 10.9 Å². The number of hydrogen-bond acceptors (Lipinski definition) is 4. The highest BCUT2D eigenvalue weighted by atomic mass is 79.9. The minimum Gasteiger partial charge on any atom is -0.486 e. The maximum absolute atomic E-state index is 6.11. The minimum absolute atomic E-state index is 0.0390. The molecule has 0 fully saturated rings. The zero-order valence-corrected chi connectivity index (χ0v) is 13.9. The van der Waals surface area contributed by atoms with Crippen molar-refractivity contribution < 1.29 is 9.47 Å². The second-order valence-electron chi connectivity index (χ2n) is 4.45. The van der Waals surface area contributed by atoms with Gasteiger partial charge in [-0.25, -0.2) is 0 Å². The summed E-state index contributed by atoms with van der Waals surface area (Å²) in [5.41, 5.74) is 0. The van der Waals surface area contributed by atoms with Crippen LogP contribution in [0.3, 0.4) is 0 Å². The number of benzene rings is 1. The van der Waals surface area contributed by atoms with Crippen LogP contribution in [0.5, 0.6) is 11.5 Å². The molecule has 2 unspecified atom stereocenters. The second kappa shape index (κ2) is 5.93. The molecule has 0 spiro atoms. The zero-order valence-electron chi connectivity index (χ0n) is 10.7. The summed E-state index contributed by atoms with van der Waals surface area (Å²) in [6, 6.07) is 9.72. The third kappa shape index (κ3) is 2.68. The normalized spacial score (nSPS) is 18.9. The van der Waals surface area contributed by atoms with Crippen molar-refractivity contribution in [1.29, 1.82) is 0 Å². The first-order valence-electron chi connectivity index (χ1n) is 6.19. The standard InChI is InChI=1S/C14H13BrClNO2S/c1-17-13(12-6-8(16)14(15)20-12)11-7-18-9-4-2-3-5-10(9)19-11/h2-6,11,13,17H,7H2,1H3. The predicted octanol–water partition coefficient (Wildman–Crippen LogP) is 4.26. The van der Waals surface area contributed by atoms with Gasteiger partial charge < -0.3 is 14.8 Å². The minimum atomic E-state index is -0.0866. The first-order valence-corrected chi connectivity index (χ1v) is 8.18. The molecule has 0 radical (unpaired) electrons. The van der Waals surface area contributed by atoms with Crippen molar-refractivity contribution in [2.24, 2.45) is 0 Å². The van der Waals surface area contributed by atoms with Gasteiger partial charge in [0.15, 0.2) is 17.6 Å². The molecule has 6 heteroatoms. The molecule has 1 aromatic heterocycles. The molecule has 2 aromatic rings. The number of halogens is 2. The lowest BCUT2D eigenvalue weighted by molar-refractivity contribution is 0.0647. The highest BCUT2D eigenvalue weighted by Crippen LogP contribution is 2.39. The lowest BCUT2D eigenvalue weighted by atomic mass is 10.1. The Morgan fingerprint density at radius 3 is 2.80 bits per heavy atom. The van der Waals surface area contributed by atoms with E-state index >= 15 is 0 Å². The molecule has 3 nitrogen and oxygen atoms in total. The van der Waals surface area contributed by atoms with Crippen molar-refractivity contribution in [1.82, 2.24) is 5.32 Å². The zero-order chi connectivity index (χ0) is 14.1. The molecule has 2 atom stereocenters. The van der Waals surface area contributed by atoms with Gasteiger partial charge in [0.25, 0.3) is 0 Å². The Kier molecular flexibility index (Phi) is 4.21. The van der Waals surface area contributed by atoms with Gasteiger partial charge >= 0.3 is 0 Å². The van der Waals surface area contributed by atoms with Gasteiger partial charge in [0.1, 0.15) is 6.61 Å². The summed E-state index contributed by atoms with van der Waals surface area (Å²) >= 11 is 11.2. The van der Waals surface area contributed by atoms with E-state index in [-0.39, 0.29) is 12.1 Å². The largest absolute Gasteiger partial charge is 0.486 e. The number of hydrogen-bond donors (Lipinski definition) is 1. The molecule has 0 amide bonds. The third-order valence-electron chi connectivity index (χ3n) is 3.18. The molecule has 0 aliphatic carbocycles. The van der Waals surface area contributed by atoms with Crippen LogP contribution in [0.4, 0.5) is 0 Å². The van der Waals surface area contributed by atoms with Crippen LogP contribution in [0.15, 0.2) is 34.1 Å². The van der Waals surface area contributed by atoms with Crippen LogP contribution in [0, 0.1) is 0 Å². The van der Waals surface area contributed by atoms with Crippen LogP contribution in [0.2, 0.25) is 5.02 Å². The van der Waals surface area contributed by atoms with Gasteiger partial charge in [0.05, 0.1) is 14.9 Å². The van der Waals surface area contributed by atoms with Crippen LogP contribution in [-0.2, 0) is 0 Å². The summed E-state index contributed by atoms with van der Waals surface area (Å²) < 4.78 is 12.8. The molecular formula is C14H13BrClNO2S. The highest BCUT2D eigenvalue weighted by molar-refractivity contribution is 9.11. The SMILES string of the molecule is CNC(c1cc(Cl)c(Br)s1)C1COc2ccccc2O1. The molecular weight excluding hydrogens is 362 g/mol. The molecule has 0 bridgehead atoms. The van der Waals surface area contributed by atoms with E-state index in [1.807, 2.05) is 37.4 Å². The van der Waals surface area contributed by atoms with Gasteiger partial charge in [-0.1, -0.05) is 23.7 Å². The first kappa shape index (κ1) is 14.2. The topological polar surface area (TPSA) is 30.5 Å². The van der Waals surface area contributed by atoms with E-state index in [0.29, 0.717) is 6.61 Å². The van der Waals surface area contributed by atoms with Gasteiger partial charge in [-0.15, -0.1) is 11.3 Å². The maximum Gasteiger partial charge on any atom is 0.161 e. The summed E-state index contributed by atoms with van der Waals surface area (Å²) in [5, 5.41) is 4.01. The average Bonchev–Trinajstić information content (AvgIpc) is 2.79. The fourth-order valence-corrected chi connectivity index (χ4v) is 4.14. The van der Waals surface area contributed by atoms with Gasteiger partial charge in [-0.2, -0.15) is 0 Å². The Labute approximate surface area is 135 Å². The summed E-state index contributed by atoms with van der Waals surface area (Å²) in [6.45, 7) is 0.510. The second-order valence-corrected chi connectivity index (χ2v) is 7.26. The third-order valence-corrected chi connectivity index (χ3v) is 5.74. The van der Waals surface area contributed by atoms with Crippen molar-refractivity contribution in [2.45, 2.75) is 12.1 Å². The van der Waals surface area contributed by atoms with E-state index in [0.717, 1.165) is 25.2 Å². The molecule has 0 saturated heterocycles. The lowest BCUT2D eigenvalue weighted by Crippen LogP contribution is -2.40. The van der Waals surface area contributed by atoms with E-state index in [9.17, 15) is 0 Å². The quantitative estimate of drug-likeness (QED) is 0.870. The average molecular weight is 375 g/mol. The van der Waals surface area contributed by atoms with E-state index < -0.39 is 0 Å². The van der Waals surface area contributed by atoms with Crippen LogP contribution >= 0.6 is 38.9 Å². The lowest BCUT2D eigenvalue weighted by Gasteiger charge is -2.31. The van der Waals surface area contributed by atoms with Crippen molar-refractivity contribution in [3.05, 3.63) is 44.0 Å². The molecule has 2 heterocycles. The number of ether oxygens (including phenoxy) is 2. The van der Waals surface area contributed by atoms with Crippen molar-refractivity contribution >= 4 is 38.9 Å². The van der Waals surface area contributed by atoms with Crippen molar-refractivity contribution in [2.75, 3.05) is 13.7 Å². The summed E-state index contributed by atoms with van der Waals surface area (Å²) in [5.74, 6) is 1.58. The molecule has 1 aromatic carbocycles. The van der Waals surface area contributed by atoms with Crippen molar-refractivity contribution in [3.63, 3.8) is 0 Å². The number of rotatable bonds is 3. The molecule has 3 rings (SSSR count). The number of likely N-dealkylation sites (N-methyl/N-ethyl adjacent to an activating group) is 1. The maximum atomic E-state index is 6.11. The molecule has 106 valence electrons. The summed E-state index contributed by atoms with van der Waals surface area (Å²) in [7, 11) is 1.91. The van der Waals surface area contributed by atoms with E-state index in [1.54, 1.807) is 11.3 Å². The van der Waals surface area contributed by atoms with Crippen LogP contribution < -0.4 is 14.8 Å². The molecule has 1 aliphatic rings. The monoisotopic (exact) mass is 373 g/mol. The Bertz CT molecular complexity index is 599. The van der Waals surface area contributed by atoms with Crippen LogP contribution in [-0.4, -0.2) is 19.8 Å². The van der Waals surface area contributed by atoms with E-state index in [1.165, 1.54) is 0 Å². The Morgan fingerprint density at radius 2 is 2.15 bits per heavy atom. The predicted molar refractivity (Wildman–Crippen MR) is 85.2 cm³/mol. The number of para-hydroxylation sites is 2. The highest BCUT2D eigenvalue weighted by Gasteiger charge is 2.30. The molecule has 0 saturated carbocycles.